The van der Waals surface area contributed by atoms with E-state index >= 15 is 0 Å². The van der Waals surface area contributed by atoms with Gasteiger partial charge in [-0.05, 0) is 68.3 Å². The molecule has 29 heavy (non-hydrogen) atoms. The van der Waals surface area contributed by atoms with E-state index in [1.54, 1.807) is 0 Å². The van der Waals surface area contributed by atoms with Crippen LogP contribution in [0.5, 0.6) is 5.75 Å². The second-order valence-electron chi connectivity index (χ2n) is 6.95. The summed E-state index contributed by atoms with van der Waals surface area (Å²) in [5.74, 6) is 0.496. The molecular weight excluding hydrogens is 360 g/mol. The lowest BCUT2D eigenvalue weighted by atomic mass is 10.0. The van der Waals surface area contributed by atoms with Gasteiger partial charge in [-0.2, -0.15) is 0 Å². The first kappa shape index (κ1) is 20.5. The van der Waals surface area contributed by atoms with Gasteiger partial charge in [0.2, 0.25) is 0 Å². The highest BCUT2D eigenvalue weighted by Crippen LogP contribution is 2.23. The Morgan fingerprint density at radius 3 is 1.93 bits per heavy atom. The van der Waals surface area contributed by atoms with Gasteiger partial charge in [-0.1, -0.05) is 42.0 Å². The Morgan fingerprint density at radius 2 is 1.38 bits per heavy atom. The number of ether oxygens (including phenoxy) is 1. The zero-order chi connectivity index (χ0) is 20.6. The molecule has 0 saturated heterocycles. The fraction of sp³-hybridized carbons (Fsp3) is 0.240. The fourth-order valence-corrected chi connectivity index (χ4v) is 3.18. The predicted octanol–water partition coefficient (Wildman–Crippen LogP) is 5.53. The molecule has 4 heteroatoms. The van der Waals surface area contributed by atoms with E-state index in [1.165, 1.54) is 5.56 Å². The van der Waals surface area contributed by atoms with Crippen molar-refractivity contribution in [1.29, 1.82) is 0 Å². The monoisotopic (exact) mass is 388 g/mol. The minimum absolute atomic E-state index is 0.0261. The predicted molar refractivity (Wildman–Crippen MR) is 121 cm³/mol. The average molecular weight is 389 g/mol. The van der Waals surface area contributed by atoms with Crippen molar-refractivity contribution in [2.75, 3.05) is 29.9 Å². The molecule has 0 unspecified atom stereocenters. The van der Waals surface area contributed by atoms with E-state index in [9.17, 15) is 4.79 Å². The summed E-state index contributed by atoms with van der Waals surface area (Å²) in [5.41, 5.74) is 5.44. The molecule has 0 heterocycles. The SMILES string of the molecule is CCN(CC)c1ccc(NC(=O)COc2ccc(-c3ccc(C)cc3)cc2)cc1. The van der Waals surface area contributed by atoms with Crippen LogP contribution >= 0.6 is 0 Å². The van der Waals surface area contributed by atoms with E-state index in [2.05, 4.69) is 55.3 Å². The topological polar surface area (TPSA) is 41.6 Å². The molecule has 3 aromatic carbocycles. The minimum Gasteiger partial charge on any atom is -0.484 e. The number of amides is 1. The highest BCUT2D eigenvalue weighted by molar-refractivity contribution is 5.92. The Bertz CT molecular complexity index is 913. The van der Waals surface area contributed by atoms with Crippen LogP contribution in [0.15, 0.2) is 72.8 Å². The minimum atomic E-state index is -0.178. The summed E-state index contributed by atoms with van der Waals surface area (Å²) in [4.78, 5) is 14.4. The number of nitrogens with zero attached hydrogens (tertiary/aromatic N) is 1. The van der Waals surface area contributed by atoms with Crippen molar-refractivity contribution in [3.05, 3.63) is 78.4 Å². The van der Waals surface area contributed by atoms with Gasteiger partial charge in [-0.15, -0.1) is 0 Å². The van der Waals surface area contributed by atoms with Crippen LogP contribution in [0.3, 0.4) is 0 Å². The Hall–Kier alpha value is -3.27. The van der Waals surface area contributed by atoms with Crippen LogP contribution in [0, 0.1) is 6.92 Å². The van der Waals surface area contributed by atoms with Crippen LogP contribution in [0.1, 0.15) is 19.4 Å². The number of hydrogen-bond acceptors (Lipinski definition) is 3. The molecule has 3 rings (SSSR count). The van der Waals surface area contributed by atoms with Gasteiger partial charge >= 0.3 is 0 Å². The molecule has 0 aromatic heterocycles. The molecule has 3 aromatic rings. The first-order chi connectivity index (χ1) is 14.1. The number of rotatable bonds is 8. The lowest BCUT2D eigenvalue weighted by molar-refractivity contribution is -0.118. The molecule has 0 bridgehead atoms. The molecule has 0 aliphatic heterocycles. The van der Waals surface area contributed by atoms with E-state index in [-0.39, 0.29) is 12.5 Å². The van der Waals surface area contributed by atoms with Gasteiger partial charge in [0.05, 0.1) is 0 Å². The van der Waals surface area contributed by atoms with E-state index in [0.29, 0.717) is 5.75 Å². The maximum atomic E-state index is 12.2. The number of benzene rings is 3. The maximum absolute atomic E-state index is 12.2. The molecule has 150 valence electrons. The van der Waals surface area contributed by atoms with Crippen molar-refractivity contribution in [1.82, 2.24) is 0 Å². The Labute approximate surface area is 173 Å². The summed E-state index contributed by atoms with van der Waals surface area (Å²) in [6.45, 7) is 8.22. The van der Waals surface area contributed by atoms with Crippen LogP contribution in [0.4, 0.5) is 11.4 Å². The van der Waals surface area contributed by atoms with Gasteiger partial charge < -0.3 is 15.0 Å². The summed E-state index contributed by atoms with van der Waals surface area (Å²) in [7, 11) is 0. The Kier molecular flexibility index (Phi) is 6.90. The quantitative estimate of drug-likeness (QED) is 0.552. The second-order valence-corrected chi connectivity index (χ2v) is 6.95. The van der Waals surface area contributed by atoms with E-state index < -0.39 is 0 Å². The Balaban J connectivity index is 1.52. The zero-order valence-electron chi connectivity index (χ0n) is 17.3. The van der Waals surface area contributed by atoms with E-state index in [4.69, 9.17) is 4.74 Å². The molecule has 0 aliphatic rings. The first-order valence-corrected chi connectivity index (χ1v) is 10.0. The number of aryl methyl sites for hydroxylation is 1. The highest BCUT2D eigenvalue weighted by atomic mass is 16.5. The van der Waals surface area contributed by atoms with Crippen molar-refractivity contribution in [2.45, 2.75) is 20.8 Å². The average Bonchev–Trinajstić information content (AvgIpc) is 2.75. The molecule has 0 atom stereocenters. The number of carbonyl (C=O) groups excluding carboxylic acids is 1. The fourth-order valence-electron chi connectivity index (χ4n) is 3.18. The molecule has 0 spiro atoms. The third-order valence-corrected chi connectivity index (χ3v) is 4.89. The third-order valence-electron chi connectivity index (χ3n) is 4.89. The number of nitrogens with one attached hydrogen (secondary N) is 1. The van der Waals surface area contributed by atoms with Crippen LogP contribution in [-0.4, -0.2) is 25.6 Å². The largest absolute Gasteiger partial charge is 0.484 e. The van der Waals surface area contributed by atoms with Crippen LogP contribution in [-0.2, 0) is 4.79 Å². The molecule has 0 radical (unpaired) electrons. The lowest BCUT2D eigenvalue weighted by Crippen LogP contribution is -2.22. The standard InChI is InChI=1S/C25H28N2O2/c1-4-27(5-2)23-14-12-22(13-15-23)26-25(28)18-29-24-16-10-21(11-17-24)20-8-6-19(3)7-9-20/h6-17H,4-5,18H2,1-3H3,(H,26,28). The maximum Gasteiger partial charge on any atom is 0.262 e. The van der Waals surface area contributed by atoms with Gasteiger partial charge in [0.1, 0.15) is 5.75 Å². The Morgan fingerprint density at radius 1 is 0.828 bits per heavy atom. The second kappa shape index (κ2) is 9.78. The zero-order valence-corrected chi connectivity index (χ0v) is 17.3. The number of hydrogen-bond donors (Lipinski definition) is 1. The molecule has 0 saturated carbocycles. The van der Waals surface area contributed by atoms with Crippen LogP contribution < -0.4 is 15.0 Å². The summed E-state index contributed by atoms with van der Waals surface area (Å²) >= 11 is 0. The van der Waals surface area contributed by atoms with Crippen molar-refractivity contribution < 1.29 is 9.53 Å². The molecule has 0 aliphatic carbocycles. The number of carbonyl (C=O) groups is 1. The van der Waals surface area contributed by atoms with E-state index in [1.807, 2.05) is 48.5 Å². The van der Waals surface area contributed by atoms with Gasteiger partial charge in [0.15, 0.2) is 6.61 Å². The molecule has 1 N–H and O–H groups in total. The first-order valence-electron chi connectivity index (χ1n) is 10.0. The highest BCUT2D eigenvalue weighted by Gasteiger charge is 2.06. The van der Waals surface area contributed by atoms with Crippen molar-refractivity contribution in [2.24, 2.45) is 0 Å². The van der Waals surface area contributed by atoms with Gasteiger partial charge in [-0.25, -0.2) is 0 Å². The van der Waals surface area contributed by atoms with Crippen molar-refractivity contribution >= 4 is 17.3 Å². The third kappa shape index (κ3) is 5.61. The summed E-state index contributed by atoms with van der Waals surface area (Å²) in [6.07, 6.45) is 0. The smallest absolute Gasteiger partial charge is 0.262 e. The molecule has 4 nitrogen and oxygen atoms in total. The van der Waals surface area contributed by atoms with E-state index in [0.717, 1.165) is 35.6 Å². The molecular formula is C25H28N2O2. The summed E-state index contributed by atoms with van der Waals surface area (Å²) in [6, 6.07) is 24.1. The normalized spacial score (nSPS) is 10.4. The summed E-state index contributed by atoms with van der Waals surface area (Å²) in [5, 5.41) is 2.87. The number of anilines is 2. The van der Waals surface area contributed by atoms with Crippen molar-refractivity contribution in [3.63, 3.8) is 0 Å². The van der Waals surface area contributed by atoms with Gasteiger partial charge in [-0.3, -0.25) is 4.79 Å². The van der Waals surface area contributed by atoms with Crippen LogP contribution in [0.2, 0.25) is 0 Å². The van der Waals surface area contributed by atoms with Gasteiger partial charge in [0, 0.05) is 24.5 Å². The van der Waals surface area contributed by atoms with Crippen molar-refractivity contribution in [3.8, 4) is 16.9 Å². The molecule has 1 amide bonds. The van der Waals surface area contributed by atoms with Crippen LogP contribution in [0.25, 0.3) is 11.1 Å². The summed E-state index contributed by atoms with van der Waals surface area (Å²) < 4.78 is 5.63. The van der Waals surface area contributed by atoms with Gasteiger partial charge in [0.25, 0.3) is 5.91 Å². The lowest BCUT2D eigenvalue weighted by Gasteiger charge is -2.21. The molecule has 0 fully saturated rings.